The molecule has 1 unspecified atom stereocenters. The molecule has 1 fully saturated rings. The molecule has 1 saturated heterocycles. The zero-order valence-electron chi connectivity index (χ0n) is 9.87. The van der Waals surface area contributed by atoms with E-state index in [1.807, 2.05) is 0 Å². The fraction of sp³-hybridized carbons (Fsp3) is 0.417. The predicted octanol–water partition coefficient (Wildman–Crippen LogP) is 1.82. The van der Waals surface area contributed by atoms with E-state index in [0.29, 0.717) is 21.6 Å². The van der Waals surface area contributed by atoms with Gasteiger partial charge in [0.2, 0.25) is 0 Å². The second-order valence-corrected chi connectivity index (χ2v) is 5.35. The minimum absolute atomic E-state index is 0.000113. The lowest BCUT2D eigenvalue weighted by molar-refractivity contribution is 0.0780. The van der Waals surface area contributed by atoms with Gasteiger partial charge in [-0.2, -0.15) is 0 Å². The summed E-state index contributed by atoms with van der Waals surface area (Å²) in [5, 5.41) is 6.53. The van der Waals surface area contributed by atoms with Crippen LogP contribution >= 0.6 is 27.5 Å². The Morgan fingerprint density at radius 3 is 3.06 bits per heavy atom. The van der Waals surface area contributed by atoms with Gasteiger partial charge in [0, 0.05) is 24.7 Å². The second kappa shape index (κ2) is 6.02. The van der Waals surface area contributed by atoms with E-state index in [0.717, 1.165) is 6.54 Å². The van der Waals surface area contributed by atoms with Crippen molar-refractivity contribution in [3.63, 3.8) is 0 Å². The van der Waals surface area contributed by atoms with Crippen molar-refractivity contribution >= 4 is 33.4 Å². The van der Waals surface area contributed by atoms with Crippen molar-refractivity contribution in [3.05, 3.63) is 33.3 Å². The lowest BCUT2D eigenvalue weighted by Gasteiger charge is -2.19. The van der Waals surface area contributed by atoms with Gasteiger partial charge >= 0.3 is 0 Å². The Morgan fingerprint density at radius 2 is 2.33 bits per heavy atom. The van der Waals surface area contributed by atoms with Crippen LogP contribution in [0.15, 0.2) is 22.7 Å². The van der Waals surface area contributed by atoms with E-state index in [9.17, 15) is 4.79 Å². The highest BCUT2D eigenvalue weighted by atomic mass is 79.9. The minimum atomic E-state index is -0.183. The zero-order valence-corrected chi connectivity index (χ0v) is 12.2. The summed E-state index contributed by atoms with van der Waals surface area (Å²) in [6, 6.07) is 5.25. The quantitative estimate of drug-likeness (QED) is 0.887. The molecule has 2 rings (SSSR count). The molecule has 6 heteroatoms. The van der Waals surface area contributed by atoms with Crippen molar-refractivity contribution in [1.82, 2.24) is 10.6 Å². The van der Waals surface area contributed by atoms with Gasteiger partial charge in [-0.3, -0.25) is 4.79 Å². The third-order valence-corrected chi connectivity index (χ3v) is 4.27. The summed E-state index contributed by atoms with van der Waals surface area (Å²) in [7, 11) is 1.64. The molecule has 0 bridgehead atoms. The summed E-state index contributed by atoms with van der Waals surface area (Å²) < 4.78 is 6.01. The second-order valence-electron chi connectivity index (χ2n) is 4.11. The molecule has 0 aliphatic carbocycles. The summed E-state index contributed by atoms with van der Waals surface area (Å²) in [5.41, 5.74) is 0.466. The maximum absolute atomic E-state index is 12.1. The largest absolute Gasteiger partial charge is 0.378 e. The molecule has 4 nitrogen and oxygen atoms in total. The zero-order chi connectivity index (χ0) is 13.1. The summed E-state index contributed by atoms with van der Waals surface area (Å²) in [4.78, 5) is 12.1. The normalized spacial score (nSPS) is 23.1. The summed E-state index contributed by atoms with van der Waals surface area (Å²) in [6.45, 7) is 1.45. The molecule has 0 saturated carbocycles. The molecule has 0 radical (unpaired) electrons. The van der Waals surface area contributed by atoms with E-state index in [2.05, 4.69) is 26.6 Å². The van der Waals surface area contributed by atoms with Crippen LogP contribution in [0.5, 0.6) is 0 Å². The first kappa shape index (κ1) is 13.8. The standard InChI is InChI=1S/C12H14BrClN2O2/c1-18-10-6-15-5-9(10)16-12(17)7-3-2-4-8(13)11(7)14/h2-4,9-10,15H,5-6H2,1H3,(H,16,17)/t9?,10-/m0/s1. The van der Waals surface area contributed by atoms with Crippen molar-refractivity contribution < 1.29 is 9.53 Å². The first-order valence-electron chi connectivity index (χ1n) is 5.62. The first-order valence-corrected chi connectivity index (χ1v) is 6.79. The molecular weight excluding hydrogens is 320 g/mol. The van der Waals surface area contributed by atoms with Gasteiger partial charge in [-0.15, -0.1) is 0 Å². The number of benzene rings is 1. The van der Waals surface area contributed by atoms with E-state index in [1.165, 1.54) is 0 Å². The monoisotopic (exact) mass is 332 g/mol. The third-order valence-electron chi connectivity index (χ3n) is 2.97. The van der Waals surface area contributed by atoms with Crippen LogP contribution in [0.25, 0.3) is 0 Å². The number of hydrogen-bond acceptors (Lipinski definition) is 3. The van der Waals surface area contributed by atoms with Gasteiger partial charge in [0.25, 0.3) is 5.91 Å². The van der Waals surface area contributed by atoms with E-state index in [1.54, 1.807) is 25.3 Å². The molecule has 1 aromatic carbocycles. The maximum Gasteiger partial charge on any atom is 0.253 e. The highest BCUT2D eigenvalue weighted by Crippen LogP contribution is 2.26. The van der Waals surface area contributed by atoms with Gasteiger partial charge in [0.05, 0.1) is 22.7 Å². The Morgan fingerprint density at radius 1 is 1.56 bits per heavy atom. The van der Waals surface area contributed by atoms with Crippen LogP contribution in [-0.2, 0) is 4.74 Å². The molecular formula is C12H14BrClN2O2. The van der Waals surface area contributed by atoms with E-state index in [4.69, 9.17) is 16.3 Å². The highest BCUT2D eigenvalue weighted by molar-refractivity contribution is 9.10. The Kier molecular flexibility index (Phi) is 4.61. The van der Waals surface area contributed by atoms with Crippen molar-refractivity contribution in [3.8, 4) is 0 Å². The van der Waals surface area contributed by atoms with E-state index in [-0.39, 0.29) is 18.1 Å². The molecule has 18 heavy (non-hydrogen) atoms. The minimum Gasteiger partial charge on any atom is -0.378 e. The Hall–Kier alpha value is -0.620. The number of halogens is 2. The molecule has 1 aliphatic rings. The predicted molar refractivity (Wildman–Crippen MR) is 74.1 cm³/mol. The number of methoxy groups -OCH3 is 1. The molecule has 98 valence electrons. The lowest BCUT2D eigenvalue weighted by Crippen LogP contribution is -2.43. The lowest BCUT2D eigenvalue weighted by atomic mass is 10.1. The molecule has 1 heterocycles. The smallest absolute Gasteiger partial charge is 0.253 e. The average molecular weight is 334 g/mol. The number of carbonyl (C=O) groups is 1. The molecule has 0 spiro atoms. The Labute approximate surface area is 119 Å². The average Bonchev–Trinajstić information content (AvgIpc) is 2.79. The van der Waals surface area contributed by atoms with Crippen molar-refractivity contribution in [2.75, 3.05) is 20.2 Å². The van der Waals surface area contributed by atoms with Crippen LogP contribution in [0.3, 0.4) is 0 Å². The summed E-state index contributed by atoms with van der Waals surface area (Å²) in [6.07, 6.45) is -0.000113. The van der Waals surface area contributed by atoms with Gasteiger partial charge in [-0.1, -0.05) is 17.7 Å². The summed E-state index contributed by atoms with van der Waals surface area (Å²) in [5.74, 6) is -0.183. The number of rotatable bonds is 3. The number of amides is 1. The van der Waals surface area contributed by atoms with Crippen LogP contribution in [-0.4, -0.2) is 38.3 Å². The molecule has 1 aliphatic heterocycles. The van der Waals surface area contributed by atoms with Gasteiger partial charge in [0.1, 0.15) is 0 Å². The number of ether oxygens (including phenoxy) is 1. The van der Waals surface area contributed by atoms with E-state index < -0.39 is 0 Å². The third kappa shape index (κ3) is 2.85. The van der Waals surface area contributed by atoms with Crippen LogP contribution in [0.4, 0.5) is 0 Å². The number of hydrogen-bond donors (Lipinski definition) is 2. The van der Waals surface area contributed by atoms with Gasteiger partial charge < -0.3 is 15.4 Å². The Balaban J connectivity index is 2.10. The topological polar surface area (TPSA) is 50.4 Å². The first-order chi connectivity index (χ1) is 8.63. The van der Waals surface area contributed by atoms with Crippen LogP contribution < -0.4 is 10.6 Å². The van der Waals surface area contributed by atoms with Gasteiger partial charge in [-0.25, -0.2) is 0 Å². The molecule has 1 amide bonds. The summed E-state index contributed by atoms with van der Waals surface area (Å²) >= 11 is 9.39. The van der Waals surface area contributed by atoms with Crippen LogP contribution in [0, 0.1) is 0 Å². The van der Waals surface area contributed by atoms with Gasteiger partial charge in [-0.05, 0) is 28.1 Å². The molecule has 2 N–H and O–H groups in total. The Bertz CT molecular complexity index is 456. The fourth-order valence-electron chi connectivity index (χ4n) is 1.97. The SMILES string of the molecule is CO[C@H]1CNCC1NC(=O)c1cccc(Br)c1Cl. The maximum atomic E-state index is 12.1. The molecule has 1 aromatic rings. The highest BCUT2D eigenvalue weighted by Gasteiger charge is 2.28. The van der Waals surface area contributed by atoms with Gasteiger partial charge in [0.15, 0.2) is 0 Å². The van der Waals surface area contributed by atoms with Crippen LogP contribution in [0.1, 0.15) is 10.4 Å². The van der Waals surface area contributed by atoms with Crippen LogP contribution in [0.2, 0.25) is 5.02 Å². The number of nitrogens with one attached hydrogen (secondary N) is 2. The number of carbonyl (C=O) groups excluding carboxylic acids is 1. The van der Waals surface area contributed by atoms with Crippen molar-refractivity contribution in [1.29, 1.82) is 0 Å². The molecule has 0 aromatic heterocycles. The molecule has 2 atom stereocenters. The van der Waals surface area contributed by atoms with Crippen molar-refractivity contribution in [2.24, 2.45) is 0 Å². The fourth-order valence-corrected chi connectivity index (χ4v) is 2.55. The van der Waals surface area contributed by atoms with Crippen molar-refractivity contribution in [2.45, 2.75) is 12.1 Å². The van der Waals surface area contributed by atoms with E-state index >= 15 is 0 Å².